The molecule has 1 fully saturated rings. The summed E-state index contributed by atoms with van der Waals surface area (Å²) < 4.78 is 4.73. The van der Waals surface area contributed by atoms with Crippen LogP contribution in [0.1, 0.15) is 28.8 Å². The summed E-state index contributed by atoms with van der Waals surface area (Å²) in [4.78, 5) is 16.0. The molecule has 0 spiro atoms. The average Bonchev–Trinajstić information content (AvgIpc) is 2.70. The fraction of sp³-hybridized carbons (Fsp3) is 0.409. The number of methoxy groups -OCH3 is 1. The van der Waals surface area contributed by atoms with Crippen LogP contribution < -0.4 is 4.90 Å². The summed E-state index contributed by atoms with van der Waals surface area (Å²) in [6.45, 7) is 3.28. The number of benzene rings is 2. The van der Waals surface area contributed by atoms with Gasteiger partial charge in [-0.05, 0) is 42.7 Å². The highest BCUT2D eigenvalue weighted by atomic mass is 16.5. The number of carbonyl (C=O) groups is 1. The Balaban J connectivity index is 1.53. The maximum Gasteiger partial charge on any atom is 0.337 e. The fourth-order valence-electron chi connectivity index (χ4n) is 3.63. The Kier molecular flexibility index (Phi) is 6.14. The van der Waals surface area contributed by atoms with Crippen LogP contribution in [0.25, 0.3) is 0 Å². The molecule has 5 nitrogen and oxygen atoms in total. The van der Waals surface area contributed by atoms with Gasteiger partial charge in [-0.25, -0.2) is 4.79 Å². The van der Waals surface area contributed by atoms with Crippen molar-refractivity contribution in [2.24, 2.45) is 0 Å². The molecule has 1 N–H and O–H groups in total. The van der Waals surface area contributed by atoms with Gasteiger partial charge < -0.3 is 14.7 Å². The van der Waals surface area contributed by atoms with Crippen LogP contribution in [-0.2, 0) is 11.3 Å². The molecule has 2 aromatic carbocycles. The fourth-order valence-corrected chi connectivity index (χ4v) is 3.63. The summed E-state index contributed by atoms with van der Waals surface area (Å²) in [7, 11) is 3.35. The van der Waals surface area contributed by atoms with Gasteiger partial charge in [0.15, 0.2) is 0 Å². The summed E-state index contributed by atoms with van der Waals surface area (Å²) in [6, 6.07) is 17.7. The molecule has 2 aromatic rings. The number of anilines is 1. The van der Waals surface area contributed by atoms with Gasteiger partial charge in [0.25, 0.3) is 0 Å². The lowest BCUT2D eigenvalue weighted by atomic mass is 9.90. The second-order valence-corrected chi connectivity index (χ2v) is 7.38. The van der Waals surface area contributed by atoms with Crippen molar-refractivity contribution in [2.75, 3.05) is 38.7 Å². The van der Waals surface area contributed by atoms with Crippen LogP contribution in [0.3, 0.4) is 0 Å². The maximum absolute atomic E-state index is 11.5. The zero-order valence-electron chi connectivity index (χ0n) is 16.1. The van der Waals surface area contributed by atoms with Gasteiger partial charge in [-0.2, -0.15) is 0 Å². The first-order valence-corrected chi connectivity index (χ1v) is 9.37. The number of carbonyl (C=O) groups excluding carboxylic acids is 1. The molecule has 0 atom stereocenters. The van der Waals surface area contributed by atoms with E-state index in [0.29, 0.717) is 12.1 Å². The number of likely N-dealkylation sites (N-methyl/N-ethyl adjacent to an activating group) is 1. The van der Waals surface area contributed by atoms with Crippen LogP contribution in [0, 0.1) is 0 Å². The normalized spacial score (nSPS) is 16.7. The molecule has 0 radical (unpaired) electrons. The molecule has 5 heteroatoms. The van der Waals surface area contributed by atoms with Gasteiger partial charge in [0.05, 0.1) is 18.3 Å². The van der Waals surface area contributed by atoms with Gasteiger partial charge in [0.2, 0.25) is 0 Å². The summed E-state index contributed by atoms with van der Waals surface area (Å²) in [6.07, 6.45) is 1.51. The zero-order valence-corrected chi connectivity index (χ0v) is 16.1. The van der Waals surface area contributed by atoms with Crippen molar-refractivity contribution in [1.29, 1.82) is 0 Å². The van der Waals surface area contributed by atoms with E-state index in [-0.39, 0.29) is 5.97 Å². The summed E-state index contributed by atoms with van der Waals surface area (Å²) in [5, 5.41) is 11.0. The first kappa shape index (κ1) is 19.4. The van der Waals surface area contributed by atoms with Gasteiger partial charge in [-0.15, -0.1) is 0 Å². The Morgan fingerprint density at radius 2 is 1.74 bits per heavy atom. The lowest BCUT2D eigenvalue weighted by molar-refractivity contribution is -0.0159. The van der Waals surface area contributed by atoms with E-state index in [9.17, 15) is 9.90 Å². The van der Waals surface area contributed by atoms with Crippen molar-refractivity contribution < 1.29 is 14.6 Å². The number of esters is 1. The Hall–Kier alpha value is -2.37. The predicted octanol–water partition coefficient (Wildman–Crippen LogP) is 2.94. The standard InChI is InChI=1S/C22H28N2O3/c1-23(20-10-8-19(9-11-20)21(25)27-2)17-22(26)12-14-24(15-13-22)16-18-6-4-3-5-7-18/h3-11,26H,12-17H2,1-2H3. The minimum absolute atomic E-state index is 0.339. The Morgan fingerprint density at radius 1 is 1.11 bits per heavy atom. The molecular weight excluding hydrogens is 340 g/mol. The summed E-state index contributed by atoms with van der Waals surface area (Å²) >= 11 is 0. The number of piperidine rings is 1. The van der Waals surface area contributed by atoms with Gasteiger partial charge in [-0.3, -0.25) is 4.90 Å². The first-order valence-electron chi connectivity index (χ1n) is 9.37. The highest BCUT2D eigenvalue weighted by Gasteiger charge is 2.33. The van der Waals surface area contributed by atoms with Crippen molar-refractivity contribution in [1.82, 2.24) is 4.90 Å². The van der Waals surface area contributed by atoms with Crippen LogP contribution in [0.5, 0.6) is 0 Å². The molecule has 3 rings (SSSR count). The summed E-state index contributed by atoms with van der Waals surface area (Å²) in [5.74, 6) is -0.339. The number of nitrogens with zero attached hydrogens (tertiary/aromatic N) is 2. The van der Waals surface area contributed by atoms with E-state index in [4.69, 9.17) is 4.74 Å². The number of hydrogen-bond donors (Lipinski definition) is 1. The van der Waals surface area contributed by atoms with Crippen LogP contribution in [0.4, 0.5) is 5.69 Å². The molecule has 0 aliphatic carbocycles. The predicted molar refractivity (Wildman–Crippen MR) is 107 cm³/mol. The third-order valence-corrected chi connectivity index (χ3v) is 5.30. The Bertz CT molecular complexity index is 738. The maximum atomic E-state index is 11.5. The molecule has 0 unspecified atom stereocenters. The molecule has 0 bridgehead atoms. The Labute approximate surface area is 161 Å². The van der Waals surface area contributed by atoms with E-state index < -0.39 is 5.60 Å². The molecule has 144 valence electrons. The van der Waals surface area contributed by atoms with E-state index in [1.165, 1.54) is 12.7 Å². The van der Waals surface area contributed by atoms with Crippen molar-refractivity contribution >= 4 is 11.7 Å². The molecule has 0 saturated carbocycles. The third kappa shape index (κ3) is 5.08. The minimum atomic E-state index is -0.692. The monoisotopic (exact) mass is 368 g/mol. The molecule has 1 aliphatic heterocycles. The van der Waals surface area contributed by atoms with E-state index in [0.717, 1.165) is 38.2 Å². The van der Waals surface area contributed by atoms with Gasteiger partial charge in [0, 0.05) is 38.9 Å². The molecule has 1 saturated heterocycles. The number of rotatable bonds is 6. The molecule has 27 heavy (non-hydrogen) atoms. The zero-order chi connectivity index (χ0) is 19.3. The number of aliphatic hydroxyl groups is 1. The lowest BCUT2D eigenvalue weighted by Gasteiger charge is -2.40. The molecule has 0 amide bonds. The molecule has 1 aliphatic rings. The van der Waals surface area contributed by atoms with Crippen LogP contribution in [0.15, 0.2) is 54.6 Å². The van der Waals surface area contributed by atoms with Crippen molar-refractivity contribution in [3.8, 4) is 0 Å². The second kappa shape index (κ2) is 8.55. The highest BCUT2D eigenvalue weighted by Crippen LogP contribution is 2.26. The van der Waals surface area contributed by atoms with Crippen molar-refractivity contribution in [3.63, 3.8) is 0 Å². The van der Waals surface area contributed by atoms with Crippen molar-refractivity contribution in [2.45, 2.75) is 25.0 Å². The van der Waals surface area contributed by atoms with E-state index in [2.05, 4.69) is 29.2 Å². The van der Waals surface area contributed by atoms with E-state index >= 15 is 0 Å². The number of hydrogen-bond acceptors (Lipinski definition) is 5. The highest BCUT2D eigenvalue weighted by molar-refractivity contribution is 5.89. The largest absolute Gasteiger partial charge is 0.465 e. The lowest BCUT2D eigenvalue weighted by Crippen LogP contribution is -2.50. The van der Waals surface area contributed by atoms with E-state index in [1.807, 2.05) is 30.1 Å². The van der Waals surface area contributed by atoms with E-state index in [1.54, 1.807) is 12.1 Å². The van der Waals surface area contributed by atoms with Gasteiger partial charge >= 0.3 is 5.97 Å². The van der Waals surface area contributed by atoms with Crippen LogP contribution >= 0.6 is 0 Å². The van der Waals surface area contributed by atoms with Gasteiger partial charge in [0.1, 0.15) is 0 Å². The van der Waals surface area contributed by atoms with Gasteiger partial charge in [-0.1, -0.05) is 30.3 Å². The quantitative estimate of drug-likeness (QED) is 0.795. The smallest absolute Gasteiger partial charge is 0.337 e. The van der Waals surface area contributed by atoms with Crippen molar-refractivity contribution in [3.05, 3.63) is 65.7 Å². The average molecular weight is 368 g/mol. The molecule has 0 aromatic heterocycles. The second-order valence-electron chi connectivity index (χ2n) is 7.38. The first-order chi connectivity index (χ1) is 13.0. The minimum Gasteiger partial charge on any atom is -0.465 e. The number of likely N-dealkylation sites (tertiary alicyclic amines) is 1. The third-order valence-electron chi connectivity index (χ3n) is 5.30. The SMILES string of the molecule is COC(=O)c1ccc(N(C)CC2(O)CCN(Cc3ccccc3)CC2)cc1. The molecular formula is C22H28N2O3. The molecule has 1 heterocycles. The Morgan fingerprint density at radius 3 is 2.33 bits per heavy atom. The number of ether oxygens (including phenoxy) is 1. The van der Waals surface area contributed by atoms with Crippen LogP contribution in [-0.4, -0.2) is 55.4 Å². The topological polar surface area (TPSA) is 53.0 Å². The van der Waals surface area contributed by atoms with Crippen LogP contribution in [0.2, 0.25) is 0 Å². The summed E-state index contributed by atoms with van der Waals surface area (Å²) in [5.41, 5.74) is 2.12.